The Morgan fingerprint density at radius 2 is 1.80 bits per heavy atom. The third-order valence-electron chi connectivity index (χ3n) is 3.21. The molecule has 0 atom stereocenters. The molecule has 0 aliphatic heterocycles. The summed E-state index contributed by atoms with van der Waals surface area (Å²) in [4.78, 5) is 12.0. The Morgan fingerprint density at radius 1 is 1.10 bits per heavy atom. The second-order valence-corrected chi connectivity index (χ2v) is 5.31. The van der Waals surface area contributed by atoms with Gasteiger partial charge in [-0.1, -0.05) is 50.2 Å². The van der Waals surface area contributed by atoms with E-state index in [0.29, 0.717) is 11.5 Å². The quantitative estimate of drug-likeness (QED) is 0.752. The lowest BCUT2D eigenvalue weighted by Crippen LogP contribution is -2.11. The van der Waals surface area contributed by atoms with Crippen LogP contribution in [0.1, 0.15) is 41.3 Å². The van der Waals surface area contributed by atoms with Gasteiger partial charge in [0.1, 0.15) is 5.75 Å². The minimum Gasteiger partial charge on any atom is -0.485 e. The van der Waals surface area contributed by atoms with Crippen molar-refractivity contribution in [2.45, 2.75) is 26.7 Å². The molecule has 0 aliphatic carbocycles. The van der Waals surface area contributed by atoms with Crippen LogP contribution < -0.4 is 4.74 Å². The summed E-state index contributed by atoms with van der Waals surface area (Å²) < 4.78 is 5.64. The average molecular weight is 268 g/mol. The van der Waals surface area contributed by atoms with Crippen LogP contribution in [-0.2, 0) is 0 Å². The molecule has 0 aromatic heterocycles. The molecule has 0 saturated carbocycles. The molecule has 20 heavy (non-hydrogen) atoms. The van der Waals surface area contributed by atoms with Gasteiger partial charge in [-0.15, -0.1) is 0 Å². The highest BCUT2D eigenvalue weighted by molar-refractivity contribution is 5.97. The molecule has 0 fully saturated rings. The van der Waals surface area contributed by atoms with Crippen LogP contribution in [0, 0.1) is 6.92 Å². The van der Waals surface area contributed by atoms with E-state index in [0.717, 1.165) is 11.3 Å². The summed E-state index contributed by atoms with van der Waals surface area (Å²) in [5, 5.41) is 0. The zero-order valence-corrected chi connectivity index (χ0v) is 12.2. The fraction of sp³-hybridized carbons (Fsp3) is 0.278. The van der Waals surface area contributed by atoms with Gasteiger partial charge in [0.15, 0.2) is 12.4 Å². The second kappa shape index (κ2) is 6.38. The Hall–Kier alpha value is -2.09. The molecule has 0 bridgehead atoms. The van der Waals surface area contributed by atoms with Crippen molar-refractivity contribution in [3.05, 3.63) is 65.2 Å². The Labute approximate surface area is 120 Å². The maximum Gasteiger partial charge on any atom is 0.200 e. The van der Waals surface area contributed by atoms with Crippen LogP contribution in [0.5, 0.6) is 5.75 Å². The van der Waals surface area contributed by atoms with Gasteiger partial charge in [0, 0.05) is 5.56 Å². The summed E-state index contributed by atoms with van der Waals surface area (Å²) in [5.74, 6) is 1.21. The number of benzene rings is 2. The van der Waals surface area contributed by atoms with E-state index in [1.165, 1.54) is 5.56 Å². The predicted octanol–water partition coefficient (Wildman–Crippen LogP) is 4.38. The van der Waals surface area contributed by atoms with Gasteiger partial charge in [0.25, 0.3) is 0 Å². The van der Waals surface area contributed by atoms with E-state index in [2.05, 4.69) is 19.9 Å². The molecule has 104 valence electrons. The molecular weight excluding hydrogens is 248 g/mol. The van der Waals surface area contributed by atoms with Gasteiger partial charge in [-0.25, -0.2) is 0 Å². The normalized spacial score (nSPS) is 10.6. The number of ether oxygens (including phenoxy) is 1. The topological polar surface area (TPSA) is 26.3 Å². The average Bonchev–Trinajstić information content (AvgIpc) is 2.45. The number of carbonyl (C=O) groups is 1. The van der Waals surface area contributed by atoms with Crippen molar-refractivity contribution in [1.82, 2.24) is 0 Å². The van der Waals surface area contributed by atoms with Gasteiger partial charge < -0.3 is 4.74 Å². The van der Waals surface area contributed by atoms with Gasteiger partial charge in [0.05, 0.1) is 0 Å². The maximum atomic E-state index is 12.0. The molecule has 0 radical (unpaired) electrons. The second-order valence-electron chi connectivity index (χ2n) is 5.31. The summed E-state index contributed by atoms with van der Waals surface area (Å²) >= 11 is 0. The molecule has 0 saturated heterocycles. The third kappa shape index (κ3) is 3.70. The zero-order valence-electron chi connectivity index (χ0n) is 12.2. The van der Waals surface area contributed by atoms with E-state index in [9.17, 15) is 4.79 Å². The SMILES string of the molecule is Cc1cc(OCC(=O)c2ccccc2)cc(C(C)C)c1. The molecule has 2 nitrogen and oxygen atoms in total. The Morgan fingerprint density at radius 3 is 2.45 bits per heavy atom. The van der Waals surface area contributed by atoms with Crippen molar-refractivity contribution >= 4 is 5.78 Å². The number of Topliss-reactive ketones (excluding diaryl/α,β-unsaturated/α-hetero) is 1. The molecule has 0 aliphatic rings. The van der Waals surface area contributed by atoms with Crippen molar-refractivity contribution < 1.29 is 9.53 Å². The molecule has 2 rings (SSSR count). The van der Waals surface area contributed by atoms with E-state index in [-0.39, 0.29) is 12.4 Å². The van der Waals surface area contributed by atoms with Crippen LogP contribution in [-0.4, -0.2) is 12.4 Å². The minimum absolute atomic E-state index is 0.00166. The summed E-state index contributed by atoms with van der Waals surface area (Å²) in [5.41, 5.74) is 3.06. The summed E-state index contributed by atoms with van der Waals surface area (Å²) in [6, 6.07) is 15.3. The zero-order chi connectivity index (χ0) is 14.5. The molecule has 2 heteroatoms. The van der Waals surface area contributed by atoms with Crippen LogP contribution in [0.4, 0.5) is 0 Å². The first-order valence-corrected chi connectivity index (χ1v) is 6.89. The molecule has 0 amide bonds. The summed E-state index contributed by atoms with van der Waals surface area (Å²) in [6.45, 7) is 6.41. The van der Waals surface area contributed by atoms with Gasteiger partial charge in [-0.2, -0.15) is 0 Å². The number of ketones is 1. The Bertz CT molecular complexity index is 586. The molecule has 0 spiro atoms. The van der Waals surface area contributed by atoms with E-state index in [4.69, 9.17) is 4.74 Å². The van der Waals surface area contributed by atoms with Gasteiger partial charge in [0.2, 0.25) is 0 Å². The predicted molar refractivity (Wildman–Crippen MR) is 81.5 cm³/mol. The summed E-state index contributed by atoms with van der Waals surface area (Å²) in [7, 11) is 0. The molecule has 0 heterocycles. The lowest BCUT2D eigenvalue weighted by atomic mass is 10.0. The van der Waals surface area contributed by atoms with Crippen molar-refractivity contribution in [3.63, 3.8) is 0 Å². The fourth-order valence-electron chi connectivity index (χ4n) is 2.05. The highest BCUT2D eigenvalue weighted by Gasteiger charge is 2.08. The van der Waals surface area contributed by atoms with Crippen LogP contribution in [0.15, 0.2) is 48.5 Å². The van der Waals surface area contributed by atoms with E-state index < -0.39 is 0 Å². The van der Waals surface area contributed by atoms with Gasteiger partial charge in [-0.05, 0) is 36.1 Å². The van der Waals surface area contributed by atoms with Crippen molar-refractivity contribution in [3.8, 4) is 5.75 Å². The monoisotopic (exact) mass is 268 g/mol. The van der Waals surface area contributed by atoms with E-state index in [1.807, 2.05) is 49.4 Å². The van der Waals surface area contributed by atoms with E-state index >= 15 is 0 Å². The van der Waals surface area contributed by atoms with Crippen molar-refractivity contribution in [2.75, 3.05) is 6.61 Å². The highest BCUT2D eigenvalue weighted by atomic mass is 16.5. The molecule has 2 aromatic rings. The lowest BCUT2D eigenvalue weighted by molar-refractivity contribution is 0.0921. The Balaban J connectivity index is 2.06. The minimum atomic E-state index is -0.00166. The van der Waals surface area contributed by atoms with Gasteiger partial charge >= 0.3 is 0 Å². The van der Waals surface area contributed by atoms with Crippen molar-refractivity contribution in [1.29, 1.82) is 0 Å². The standard InChI is InChI=1S/C18H20O2/c1-13(2)16-9-14(3)10-17(11-16)20-12-18(19)15-7-5-4-6-8-15/h4-11,13H,12H2,1-3H3. The lowest BCUT2D eigenvalue weighted by Gasteiger charge is -2.11. The number of rotatable bonds is 5. The largest absolute Gasteiger partial charge is 0.485 e. The first kappa shape index (κ1) is 14.3. The first-order valence-electron chi connectivity index (χ1n) is 6.89. The van der Waals surface area contributed by atoms with Crippen LogP contribution in [0.2, 0.25) is 0 Å². The smallest absolute Gasteiger partial charge is 0.200 e. The molecule has 0 unspecified atom stereocenters. The van der Waals surface area contributed by atoms with Gasteiger partial charge in [-0.3, -0.25) is 4.79 Å². The third-order valence-corrected chi connectivity index (χ3v) is 3.21. The Kier molecular flexibility index (Phi) is 4.57. The number of hydrogen-bond donors (Lipinski definition) is 0. The molecular formula is C18H20O2. The van der Waals surface area contributed by atoms with E-state index in [1.54, 1.807) is 0 Å². The number of aryl methyl sites for hydroxylation is 1. The highest BCUT2D eigenvalue weighted by Crippen LogP contribution is 2.22. The molecule has 0 N–H and O–H groups in total. The number of hydrogen-bond acceptors (Lipinski definition) is 2. The number of carbonyl (C=O) groups excluding carboxylic acids is 1. The summed E-state index contributed by atoms with van der Waals surface area (Å²) in [6.07, 6.45) is 0. The molecule has 2 aromatic carbocycles. The van der Waals surface area contributed by atoms with Crippen LogP contribution >= 0.6 is 0 Å². The van der Waals surface area contributed by atoms with Crippen LogP contribution in [0.3, 0.4) is 0 Å². The first-order chi connectivity index (χ1) is 9.56. The van der Waals surface area contributed by atoms with Crippen molar-refractivity contribution in [2.24, 2.45) is 0 Å². The maximum absolute atomic E-state index is 12.0. The van der Waals surface area contributed by atoms with Crippen LogP contribution in [0.25, 0.3) is 0 Å². The fourth-order valence-corrected chi connectivity index (χ4v) is 2.05.